The topological polar surface area (TPSA) is 119 Å². The molecule has 4 N–H and O–H groups in total. The van der Waals surface area contributed by atoms with Gasteiger partial charge in [-0.3, -0.25) is 14.4 Å². The van der Waals surface area contributed by atoms with Gasteiger partial charge in [0.25, 0.3) is 11.8 Å². The van der Waals surface area contributed by atoms with Crippen LogP contribution >= 0.6 is 0 Å². The highest BCUT2D eigenvalue weighted by Crippen LogP contribution is 2.20. The number of anilines is 1. The third-order valence-corrected chi connectivity index (χ3v) is 6.30. The predicted molar refractivity (Wildman–Crippen MR) is 145 cm³/mol. The normalized spacial score (nSPS) is 13.3. The lowest BCUT2D eigenvalue weighted by Crippen LogP contribution is -2.50. The number of rotatable bonds is 16. The highest BCUT2D eigenvalue weighted by molar-refractivity contribution is 6.01. The Morgan fingerprint density at radius 2 is 1.54 bits per heavy atom. The van der Waals surface area contributed by atoms with Gasteiger partial charge in [-0.25, -0.2) is 8.78 Å². The Balaban J connectivity index is 2.42. The van der Waals surface area contributed by atoms with E-state index in [1.165, 1.54) is 18.2 Å². The molecule has 214 valence electrons. The number of aliphatic hydroxyl groups is 2. The Kier molecular flexibility index (Phi) is 13.0. The molecule has 2 rings (SSSR count). The molecule has 39 heavy (non-hydrogen) atoms. The molecule has 0 radical (unpaired) electrons. The van der Waals surface area contributed by atoms with Gasteiger partial charge in [0.15, 0.2) is 0 Å². The molecule has 0 saturated heterocycles. The molecule has 8 nitrogen and oxygen atoms in total. The van der Waals surface area contributed by atoms with Gasteiger partial charge in [0.05, 0.1) is 12.1 Å². The van der Waals surface area contributed by atoms with E-state index in [0.29, 0.717) is 32.0 Å². The third kappa shape index (κ3) is 9.71. The SMILES string of the molecule is CCCC[C@@H](O)[C@H](O)[C@H](Cc1cc(F)cc(F)c1)NC(=O)c1cc(NC=O)cc(C(=O)N(CCC)CCC)c1. The second kappa shape index (κ2) is 15.9. The fourth-order valence-electron chi connectivity index (χ4n) is 4.41. The molecular formula is C29H39F2N3O5. The lowest BCUT2D eigenvalue weighted by atomic mass is 9.94. The molecule has 0 bridgehead atoms. The number of amides is 3. The van der Waals surface area contributed by atoms with Crippen LogP contribution in [0.3, 0.4) is 0 Å². The number of nitrogens with zero attached hydrogens (tertiary/aromatic N) is 1. The molecule has 0 heterocycles. The molecule has 0 aliphatic carbocycles. The number of unbranched alkanes of at least 4 members (excludes halogenated alkanes) is 1. The van der Waals surface area contributed by atoms with Gasteiger partial charge in [-0.15, -0.1) is 0 Å². The largest absolute Gasteiger partial charge is 0.390 e. The average Bonchev–Trinajstić information content (AvgIpc) is 2.89. The van der Waals surface area contributed by atoms with Crippen molar-refractivity contribution in [1.82, 2.24) is 10.2 Å². The second-order valence-electron chi connectivity index (χ2n) is 9.62. The Morgan fingerprint density at radius 3 is 2.10 bits per heavy atom. The Bertz CT molecular complexity index is 1090. The first-order valence-electron chi connectivity index (χ1n) is 13.4. The van der Waals surface area contributed by atoms with Gasteiger partial charge in [-0.05, 0) is 61.6 Å². The van der Waals surface area contributed by atoms with Crippen molar-refractivity contribution in [3.05, 3.63) is 64.7 Å². The second-order valence-corrected chi connectivity index (χ2v) is 9.62. The van der Waals surface area contributed by atoms with Crippen LogP contribution in [0.2, 0.25) is 0 Å². The minimum Gasteiger partial charge on any atom is -0.390 e. The molecular weight excluding hydrogens is 508 g/mol. The van der Waals surface area contributed by atoms with Crippen LogP contribution < -0.4 is 10.6 Å². The van der Waals surface area contributed by atoms with Gasteiger partial charge in [-0.1, -0.05) is 33.6 Å². The molecule has 2 aromatic carbocycles. The third-order valence-electron chi connectivity index (χ3n) is 6.30. The van der Waals surface area contributed by atoms with Crippen molar-refractivity contribution in [3.8, 4) is 0 Å². The first kappa shape index (κ1) is 31.8. The summed E-state index contributed by atoms with van der Waals surface area (Å²) in [6.45, 7) is 6.87. The van der Waals surface area contributed by atoms with Gasteiger partial charge in [0.2, 0.25) is 6.41 Å². The van der Waals surface area contributed by atoms with Crippen LogP contribution in [0.4, 0.5) is 14.5 Å². The number of hydrogen-bond donors (Lipinski definition) is 4. The Morgan fingerprint density at radius 1 is 0.923 bits per heavy atom. The zero-order valence-electron chi connectivity index (χ0n) is 22.8. The summed E-state index contributed by atoms with van der Waals surface area (Å²) in [4.78, 5) is 39.4. The summed E-state index contributed by atoms with van der Waals surface area (Å²) in [6.07, 6.45) is 0.793. The predicted octanol–water partition coefficient (Wildman–Crippen LogP) is 4.05. The number of carbonyl (C=O) groups is 3. The number of halogens is 2. The van der Waals surface area contributed by atoms with E-state index in [-0.39, 0.29) is 41.1 Å². The number of aliphatic hydroxyl groups excluding tert-OH is 2. The fourth-order valence-corrected chi connectivity index (χ4v) is 4.41. The monoisotopic (exact) mass is 547 g/mol. The van der Waals surface area contributed by atoms with Crippen LogP contribution in [0.5, 0.6) is 0 Å². The zero-order valence-corrected chi connectivity index (χ0v) is 22.8. The maximum atomic E-state index is 13.8. The number of benzene rings is 2. The molecule has 0 aliphatic heterocycles. The van der Waals surface area contributed by atoms with E-state index < -0.39 is 35.8 Å². The number of carbonyl (C=O) groups excluding carboxylic acids is 3. The fraction of sp³-hybridized carbons (Fsp3) is 0.483. The van der Waals surface area contributed by atoms with Gasteiger partial charge in [0, 0.05) is 36.0 Å². The van der Waals surface area contributed by atoms with E-state index in [9.17, 15) is 33.4 Å². The van der Waals surface area contributed by atoms with E-state index in [4.69, 9.17) is 0 Å². The summed E-state index contributed by atoms with van der Waals surface area (Å²) in [5.41, 5.74) is 0.632. The number of nitrogens with one attached hydrogen (secondary N) is 2. The van der Waals surface area contributed by atoms with Gasteiger partial charge < -0.3 is 25.7 Å². The molecule has 2 aromatic rings. The summed E-state index contributed by atoms with van der Waals surface area (Å²) < 4.78 is 27.7. The quantitative estimate of drug-likeness (QED) is 0.237. The van der Waals surface area contributed by atoms with Crippen LogP contribution in [0, 0.1) is 11.6 Å². The van der Waals surface area contributed by atoms with Gasteiger partial charge in [0.1, 0.15) is 17.7 Å². The zero-order chi connectivity index (χ0) is 28.9. The van der Waals surface area contributed by atoms with E-state index in [0.717, 1.165) is 31.4 Å². The van der Waals surface area contributed by atoms with Crippen molar-refractivity contribution in [1.29, 1.82) is 0 Å². The van der Waals surface area contributed by atoms with Crippen molar-refractivity contribution < 1.29 is 33.4 Å². The Hall–Kier alpha value is -3.37. The lowest BCUT2D eigenvalue weighted by molar-refractivity contribution is -0.105. The molecule has 0 unspecified atom stereocenters. The average molecular weight is 548 g/mol. The molecule has 3 atom stereocenters. The van der Waals surface area contributed by atoms with E-state index in [1.807, 2.05) is 20.8 Å². The highest BCUT2D eigenvalue weighted by atomic mass is 19.1. The van der Waals surface area contributed by atoms with Crippen LogP contribution in [0.1, 0.15) is 79.2 Å². The van der Waals surface area contributed by atoms with E-state index >= 15 is 0 Å². The summed E-state index contributed by atoms with van der Waals surface area (Å²) in [5.74, 6) is -2.62. The summed E-state index contributed by atoms with van der Waals surface area (Å²) in [5, 5.41) is 26.6. The maximum Gasteiger partial charge on any atom is 0.253 e. The Labute approximate surface area is 228 Å². The van der Waals surface area contributed by atoms with E-state index in [2.05, 4.69) is 10.6 Å². The van der Waals surface area contributed by atoms with E-state index in [1.54, 1.807) is 4.90 Å². The van der Waals surface area contributed by atoms with Gasteiger partial charge in [-0.2, -0.15) is 0 Å². The number of hydrogen-bond acceptors (Lipinski definition) is 5. The standard InChI is InChI=1S/C29H39F2N3O5/c1-4-7-8-26(36)27(37)25(13-19-11-22(30)17-23(31)12-19)33-28(38)20-14-21(16-24(15-20)32-18-35)29(39)34(9-5-2)10-6-3/h11-12,14-18,25-27,36-37H,4-10,13H2,1-3H3,(H,32,35)(H,33,38)/t25-,26+,27+/m0/s1. The van der Waals surface area contributed by atoms with Crippen LogP contribution in [0.25, 0.3) is 0 Å². The molecule has 0 saturated carbocycles. The van der Waals surface area contributed by atoms with Crippen molar-refractivity contribution in [2.75, 3.05) is 18.4 Å². The molecule has 0 spiro atoms. The smallest absolute Gasteiger partial charge is 0.253 e. The van der Waals surface area contributed by atoms with Crippen molar-refractivity contribution in [2.45, 2.75) is 77.5 Å². The van der Waals surface area contributed by atoms with Crippen molar-refractivity contribution in [2.24, 2.45) is 0 Å². The molecule has 10 heteroatoms. The highest BCUT2D eigenvalue weighted by Gasteiger charge is 2.29. The van der Waals surface area contributed by atoms with Crippen molar-refractivity contribution in [3.63, 3.8) is 0 Å². The summed E-state index contributed by atoms with van der Waals surface area (Å²) in [7, 11) is 0. The summed E-state index contributed by atoms with van der Waals surface area (Å²) >= 11 is 0. The van der Waals surface area contributed by atoms with Crippen molar-refractivity contribution >= 4 is 23.9 Å². The first-order valence-corrected chi connectivity index (χ1v) is 13.4. The van der Waals surface area contributed by atoms with Gasteiger partial charge >= 0.3 is 0 Å². The minimum atomic E-state index is -1.44. The van der Waals surface area contributed by atoms with Crippen LogP contribution in [-0.2, 0) is 11.2 Å². The molecule has 0 aromatic heterocycles. The molecule has 3 amide bonds. The molecule has 0 aliphatic rings. The maximum absolute atomic E-state index is 13.8. The lowest BCUT2D eigenvalue weighted by Gasteiger charge is -2.28. The van der Waals surface area contributed by atoms with Crippen LogP contribution in [-0.4, -0.2) is 64.7 Å². The van der Waals surface area contributed by atoms with Crippen LogP contribution in [0.15, 0.2) is 36.4 Å². The first-order chi connectivity index (χ1) is 18.6. The minimum absolute atomic E-state index is 0.0313. The molecule has 0 fully saturated rings. The summed E-state index contributed by atoms with van der Waals surface area (Å²) in [6, 6.07) is 6.04.